The van der Waals surface area contributed by atoms with Crippen molar-refractivity contribution >= 4 is 23.8 Å². The molecule has 0 aliphatic heterocycles. The van der Waals surface area contributed by atoms with Crippen molar-refractivity contribution in [3.63, 3.8) is 0 Å². The van der Waals surface area contributed by atoms with E-state index in [0.29, 0.717) is 18.4 Å². The van der Waals surface area contributed by atoms with Crippen molar-refractivity contribution in [3.8, 4) is 5.75 Å². The summed E-state index contributed by atoms with van der Waals surface area (Å²) in [5.74, 6) is -1.58. The van der Waals surface area contributed by atoms with Crippen LogP contribution in [0.15, 0.2) is 23.3 Å². The highest BCUT2D eigenvalue weighted by atomic mass is 16.6. The molecule has 0 aliphatic rings. The van der Waals surface area contributed by atoms with Gasteiger partial charge >= 0.3 is 11.7 Å². The summed E-state index contributed by atoms with van der Waals surface area (Å²) in [6, 6.07) is 3.72. The number of carbonyl (C=O) groups is 2. The van der Waals surface area contributed by atoms with E-state index in [9.17, 15) is 24.8 Å². The molecule has 1 aromatic carbocycles. The van der Waals surface area contributed by atoms with E-state index in [-0.39, 0.29) is 18.7 Å². The zero-order chi connectivity index (χ0) is 17.9. The molecule has 130 valence electrons. The fraction of sp³-hybridized carbons (Fsp3) is 0.400. The summed E-state index contributed by atoms with van der Waals surface area (Å²) < 4.78 is 0. The Labute approximate surface area is 138 Å². The fourth-order valence-electron chi connectivity index (χ4n) is 1.93. The highest BCUT2D eigenvalue weighted by molar-refractivity contribution is 5.83. The minimum absolute atomic E-state index is 0.137. The van der Waals surface area contributed by atoms with E-state index in [4.69, 9.17) is 5.11 Å². The van der Waals surface area contributed by atoms with Gasteiger partial charge in [0.15, 0.2) is 5.75 Å². The minimum atomic E-state index is -0.820. The van der Waals surface area contributed by atoms with Crippen molar-refractivity contribution in [3.05, 3.63) is 33.9 Å². The third-order valence-electron chi connectivity index (χ3n) is 3.14. The number of phenolic OH excluding ortho intramolecular Hbond substituents is 1. The van der Waals surface area contributed by atoms with Crippen molar-refractivity contribution in [2.75, 3.05) is 0 Å². The first-order valence-electron chi connectivity index (χ1n) is 7.41. The fourth-order valence-corrected chi connectivity index (χ4v) is 1.93. The molecule has 9 nitrogen and oxygen atoms in total. The second-order valence-electron chi connectivity index (χ2n) is 5.11. The Morgan fingerprint density at radius 1 is 1.21 bits per heavy atom. The quantitative estimate of drug-likeness (QED) is 0.258. The van der Waals surface area contributed by atoms with Crippen LogP contribution in [0.3, 0.4) is 0 Å². The lowest BCUT2D eigenvalue weighted by Gasteiger charge is -2.01. The van der Waals surface area contributed by atoms with Crippen molar-refractivity contribution in [2.45, 2.75) is 38.5 Å². The van der Waals surface area contributed by atoms with Crippen LogP contribution in [-0.4, -0.2) is 33.2 Å². The topological polar surface area (TPSA) is 142 Å². The normalized spacial score (nSPS) is 10.7. The molecule has 3 N–H and O–H groups in total. The average molecular weight is 337 g/mol. The molecule has 0 saturated carbocycles. The SMILES string of the molecule is O=C(O)CCCCCCC(=O)N/N=C/c1ccc([N+](=O)[O-])c(O)c1. The summed E-state index contributed by atoms with van der Waals surface area (Å²) in [6.07, 6.45) is 4.44. The van der Waals surface area contributed by atoms with Crippen molar-refractivity contribution in [1.29, 1.82) is 0 Å². The molecule has 1 aromatic rings. The first-order chi connectivity index (χ1) is 11.4. The molecule has 0 unspecified atom stereocenters. The second kappa shape index (κ2) is 9.93. The maximum absolute atomic E-state index is 11.5. The number of phenols is 1. The number of nitro groups is 1. The molecule has 0 aliphatic carbocycles. The summed E-state index contributed by atoms with van der Waals surface area (Å²) in [6.45, 7) is 0. The van der Waals surface area contributed by atoms with Crippen LogP contribution < -0.4 is 5.43 Å². The predicted molar refractivity (Wildman–Crippen MR) is 85.8 cm³/mol. The number of carboxylic acid groups (broad SMARTS) is 1. The summed E-state index contributed by atoms with van der Waals surface area (Å²) >= 11 is 0. The van der Waals surface area contributed by atoms with E-state index in [0.717, 1.165) is 18.9 Å². The largest absolute Gasteiger partial charge is 0.502 e. The number of aliphatic carboxylic acids is 1. The third-order valence-corrected chi connectivity index (χ3v) is 3.14. The number of benzene rings is 1. The second-order valence-corrected chi connectivity index (χ2v) is 5.11. The Kier molecular flexibility index (Phi) is 7.89. The van der Waals surface area contributed by atoms with E-state index in [1.54, 1.807) is 0 Å². The molecule has 1 rings (SSSR count). The van der Waals surface area contributed by atoms with Gasteiger partial charge in [-0.2, -0.15) is 5.10 Å². The molecule has 0 radical (unpaired) electrons. The first-order valence-corrected chi connectivity index (χ1v) is 7.41. The summed E-state index contributed by atoms with van der Waals surface area (Å²) in [4.78, 5) is 31.7. The number of nitrogens with one attached hydrogen (secondary N) is 1. The number of rotatable bonds is 10. The van der Waals surface area contributed by atoms with Crippen LogP contribution in [0.5, 0.6) is 5.75 Å². The number of aromatic hydroxyl groups is 1. The number of hydrogen-bond acceptors (Lipinski definition) is 6. The smallest absolute Gasteiger partial charge is 0.310 e. The summed E-state index contributed by atoms with van der Waals surface area (Å²) in [7, 11) is 0. The predicted octanol–water partition coefficient (Wildman–Crippen LogP) is 2.18. The van der Waals surface area contributed by atoms with Gasteiger partial charge < -0.3 is 10.2 Å². The number of amides is 1. The number of hydrogen-bond donors (Lipinski definition) is 3. The molecule has 0 heterocycles. The van der Waals surface area contributed by atoms with E-state index >= 15 is 0 Å². The number of nitrogens with zero attached hydrogens (tertiary/aromatic N) is 2. The van der Waals surface area contributed by atoms with Gasteiger partial charge in [-0.15, -0.1) is 0 Å². The van der Waals surface area contributed by atoms with Gasteiger partial charge in [0.25, 0.3) is 0 Å². The van der Waals surface area contributed by atoms with Gasteiger partial charge in [0.2, 0.25) is 5.91 Å². The van der Waals surface area contributed by atoms with Crippen LogP contribution in [0.25, 0.3) is 0 Å². The van der Waals surface area contributed by atoms with E-state index in [1.165, 1.54) is 18.3 Å². The first kappa shape index (κ1) is 19.1. The lowest BCUT2D eigenvalue weighted by atomic mass is 10.1. The zero-order valence-electron chi connectivity index (χ0n) is 13.0. The van der Waals surface area contributed by atoms with Crippen LogP contribution in [0.1, 0.15) is 44.1 Å². The molecule has 1 amide bonds. The lowest BCUT2D eigenvalue weighted by molar-refractivity contribution is -0.385. The number of carbonyl (C=O) groups excluding carboxylic acids is 1. The molecule has 0 spiro atoms. The third kappa shape index (κ3) is 7.34. The van der Waals surface area contributed by atoms with Crippen molar-refractivity contribution in [2.24, 2.45) is 5.10 Å². The lowest BCUT2D eigenvalue weighted by Crippen LogP contribution is -2.16. The summed E-state index contributed by atoms with van der Waals surface area (Å²) in [5, 5.41) is 32.2. The minimum Gasteiger partial charge on any atom is -0.502 e. The maximum Gasteiger partial charge on any atom is 0.310 e. The van der Waals surface area contributed by atoms with Crippen LogP contribution in [0, 0.1) is 10.1 Å². The molecule has 24 heavy (non-hydrogen) atoms. The molecule has 0 bridgehead atoms. The van der Waals surface area contributed by atoms with Gasteiger partial charge in [-0.25, -0.2) is 5.43 Å². The van der Waals surface area contributed by atoms with Gasteiger partial charge in [0, 0.05) is 18.9 Å². The number of carboxylic acids is 1. The molecule has 9 heteroatoms. The van der Waals surface area contributed by atoms with E-state index in [1.807, 2.05) is 0 Å². The Morgan fingerprint density at radius 3 is 2.46 bits per heavy atom. The molecule has 0 atom stereocenters. The van der Waals surface area contributed by atoms with E-state index < -0.39 is 22.3 Å². The van der Waals surface area contributed by atoms with Crippen LogP contribution >= 0.6 is 0 Å². The molecule has 0 aromatic heterocycles. The molecule has 0 saturated heterocycles. The van der Waals surface area contributed by atoms with Gasteiger partial charge in [0.05, 0.1) is 11.1 Å². The Balaban J connectivity index is 2.29. The van der Waals surface area contributed by atoms with Crippen LogP contribution in [0.4, 0.5) is 5.69 Å². The van der Waals surface area contributed by atoms with Crippen molar-refractivity contribution < 1.29 is 24.7 Å². The number of nitro benzene ring substituents is 1. The van der Waals surface area contributed by atoms with Gasteiger partial charge in [-0.1, -0.05) is 12.8 Å². The van der Waals surface area contributed by atoms with Gasteiger partial charge in [0.1, 0.15) is 0 Å². The van der Waals surface area contributed by atoms with Crippen LogP contribution in [-0.2, 0) is 9.59 Å². The molecular weight excluding hydrogens is 318 g/mol. The van der Waals surface area contributed by atoms with Gasteiger partial charge in [-0.3, -0.25) is 19.7 Å². The average Bonchev–Trinajstić information content (AvgIpc) is 2.50. The number of hydrazone groups is 1. The van der Waals surface area contributed by atoms with Crippen LogP contribution in [0.2, 0.25) is 0 Å². The Hall–Kier alpha value is -2.97. The molecule has 0 fully saturated rings. The van der Waals surface area contributed by atoms with Gasteiger partial charge in [-0.05, 0) is 30.5 Å². The standard InChI is InChI=1S/C15H19N3O6/c19-13-9-11(7-8-12(13)18(23)24)10-16-17-14(20)5-3-1-2-4-6-15(21)22/h7-10,19H,1-6H2,(H,17,20)(H,21,22)/b16-10+. The highest BCUT2D eigenvalue weighted by Gasteiger charge is 2.12. The zero-order valence-corrected chi connectivity index (χ0v) is 13.0. The van der Waals surface area contributed by atoms with Crippen molar-refractivity contribution in [1.82, 2.24) is 5.43 Å². The van der Waals surface area contributed by atoms with E-state index in [2.05, 4.69) is 10.5 Å². The Bertz CT molecular complexity index is 630. The highest BCUT2D eigenvalue weighted by Crippen LogP contribution is 2.25. The molecular formula is C15H19N3O6. The maximum atomic E-state index is 11.5. The Morgan fingerprint density at radius 2 is 1.88 bits per heavy atom. The monoisotopic (exact) mass is 337 g/mol. The summed E-state index contributed by atoms with van der Waals surface area (Å²) in [5.41, 5.74) is 2.32. The number of unbranched alkanes of at least 4 members (excludes halogenated alkanes) is 3.